The Bertz CT molecular complexity index is 389. The molecule has 1 aromatic rings. The third kappa shape index (κ3) is 2.96. The molecule has 1 atom stereocenters. The van der Waals surface area contributed by atoms with Crippen molar-refractivity contribution < 1.29 is 13.9 Å². The Labute approximate surface area is 101 Å². The van der Waals surface area contributed by atoms with Crippen LogP contribution in [-0.4, -0.2) is 32.4 Å². The highest BCUT2D eigenvalue weighted by Crippen LogP contribution is 2.22. The molecule has 1 aliphatic rings. The fourth-order valence-electron chi connectivity index (χ4n) is 2.16. The van der Waals surface area contributed by atoms with E-state index in [1.807, 2.05) is 6.07 Å². The molecule has 1 unspecified atom stereocenters. The summed E-state index contributed by atoms with van der Waals surface area (Å²) in [4.78, 5) is 0. The lowest BCUT2D eigenvalue weighted by Crippen LogP contribution is -2.53. The molecule has 1 saturated heterocycles. The van der Waals surface area contributed by atoms with Crippen molar-refractivity contribution in [3.8, 4) is 5.75 Å². The SMILES string of the molecule is COc1ccc(CC2(C)COCCN2)cc1F. The normalized spacial score (nSPS) is 24.6. The third-order valence-corrected chi connectivity index (χ3v) is 3.03. The van der Waals surface area contributed by atoms with Crippen molar-refractivity contribution in [1.29, 1.82) is 0 Å². The van der Waals surface area contributed by atoms with Gasteiger partial charge >= 0.3 is 0 Å². The van der Waals surface area contributed by atoms with Crippen molar-refractivity contribution in [2.24, 2.45) is 0 Å². The number of methoxy groups -OCH3 is 1. The second-order valence-electron chi connectivity index (χ2n) is 4.69. The van der Waals surface area contributed by atoms with Gasteiger partial charge in [-0.2, -0.15) is 0 Å². The van der Waals surface area contributed by atoms with Gasteiger partial charge in [-0.3, -0.25) is 0 Å². The predicted octanol–water partition coefficient (Wildman–Crippen LogP) is 1.76. The van der Waals surface area contributed by atoms with Crippen LogP contribution in [0.3, 0.4) is 0 Å². The molecule has 1 aromatic carbocycles. The van der Waals surface area contributed by atoms with E-state index in [4.69, 9.17) is 9.47 Å². The summed E-state index contributed by atoms with van der Waals surface area (Å²) in [6.07, 6.45) is 0.744. The van der Waals surface area contributed by atoms with Gasteiger partial charge in [-0.05, 0) is 31.0 Å². The van der Waals surface area contributed by atoms with Crippen LogP contribution in [0.2, 0.25) is 0 Å². The molecular formula is C13H18FNO2. The molecule has 0 spiro atoms. The first-order valence-corrected chi connectivity index (χ1v) is 5.78. The molecule has 1 fully saturated rings. The van der Waals surface area contributed by atoms with Gasteiger partial charge in [-0.15, -0.1) is 0 Å². The van der Waals surface area contributed by atoms with Gasteiger partial charge in [-0.1, -0.05) is 6.07 Å². The van der Waals surface area contributed by atoms with Crippen molar-refractivity contribution >= 4 is 0 Å². The number of rotatable bonds is 3. The molecule has 94 valence electrons. The zero-order chi connectivity index (χ0) is 12.3. The molecule has 4 heteroatoms. The topological polar surface area (TPSA) is 30.5 Å². The summed E-state index contributed by atoms with van der Waals surface area (Å²) in [6.45, 7) is 4.33. The van der Waals surface area contributed by atoms with E-state index >= 15 is 0 Å². The molecule has 0 aromatic heterocycles. The number of halogens is 1. The van der Waals surface area contributed by atoms with E-state index in [-0.39, 0.29) is 17.1 Å². The number of benzene rings is 1. The smallest absolute Gasteiger partial charge is 0.165 e. The van der Waals surface area contributed by atoms with E-state index in [0.29, 0.717) is 6.61 Å². The molecule has 1 aliphatic heterocycles. The number of ether oxygens (including phenoxy) is 2. The van der Waals surface area contributed by atoms with Crippen molar-refractivity contribution in [1.82, 2.24) is 5.32 Å². The Hall–Kier alpha value is -1.13. The maximum Gasteiger partial charge on any atom is 0.165 e. The molecule has 17 heavy (non-hydrogen) atoms. The third-order valence-electron chi connectivity index (χ3n) is 3.03. The molecule has 0 aliphatic carbocycles. The summed E-state index contributed by atoms with van der Waals surface area (Å²) in [5.41, 5.74) is 0.836. The van der Waals surface area contributed by atoms with Crippen LogP contribution in [0, 0.1) is 5.82 Å². The summed E-state index contributed by atoms with van der Waals surface area (Å²) in [5, 5.41) is 3.41. The van der Waals surface area contributed by atoms with Crippen LogP contribution in [0.5, 0.6) is 5.75 Å². The number of morpholine rings is 1. The van der Waals surface area contributed by atoms with Gasteiger partial charge in [0.05, 0.1) is 20.3 Å². The van der Waals surface area contributed by atoms with Crippen molar-refractivity contribution in [2.45, 2.75) is 18.9 Å². The van der Waals surface area contributed by atoms with E-state index < -0.39 is 0 Å². The lowest BCUT2D eigenvalue weighted by Gasteiger charge is -2.35. The Morgan fingerprint density at radius 1 is 1.53 bits per heavy atom. The lowest BCUT2D eigenvalue weighted by atomic mass is 9.92. The van der Waals surface area contributed by atoms with E-state index in [1.54, 1.807) is 6.07 Å². The van der Waals surface area contributed by atoms with Gasteiger partial charge < -0.3 is 14.8 Å². The summed E-state index contributed by atoms with van der Waals surface area (Å²) in [5.74, 6) is -0.0305. The predicted molar refractivity (Wildman–Crippen MR) is 63.9 cm³/mol. The van der Waals surface area contributed by atoms with Crippen LogP contribution in [0.15, 0.2) is 18.2 Å². The highest BCUT2D eigenvalue weighted by Gasteiger charge is 2.27. The van der Waals surface area contributed by atoms with E-state index in [0.717, 1.165) is 25.1 Å². The molecule has 0 amide bonds. The first kappa shape index (κ1) is 12.3. The molecule has 0 saturated carbocycles. The van der Waals surface area contributed by atoms with Crippen molar-refractivity contribution in [3.05, 3.63) is 29.6 Å². The van der Waals surface area contributed by atoms with Crippen LogP contribution < -0.4 is 10.1 Å². The van der Waals surface area contributed by atoms with Gasteiger partial charge in [0, 0.05) is 12.1 Å². The number of hydrogen-bond donors (Lipinski definition) is 1. The minimum absolute atomic E-state index is 0.112. The number of hydrogen-bond acceptors (Lipinski definition) is 3. The zero-order valence-electron chi connectivity index (χ0n) is 10.3. The van der Waals surface area contributed by atoms with E-state index in [9.17, 15) is 4.39 Å². The molecule has 1 N–H and O–H groups in total. The van der Waals surface area contributed by atoms with Crippen molar-refractivity contribution in [2.75, 3.05) is 26.9 Å². The average Bonchev–Trinajstić information content (AvgIpc) is 2.29. The molecule has 0 radical (unpaired) electrons. The van der Waals surface area contributed by atoms with Gasteiger partial charge in [-0.25, -0.2) is 4.39 Å². The molecule has 3 nitrogen and oxygen atoms in total. The fraction of sp³-hybridized carbons (Fsp3) is 0.538. The van der Waals surface area contributed by atoms with Crippen LogP contribution in [0.1, 0.15) is 12.5 Å². The second kappa shape index (κ2) is 5.02. The van der Waals surface area contributed by atoms with E-state index in [2.05, 4.69) is 12.2 Å². The lowest BCUT2D eigenvalue weighted by molar-refractivity contribution is 0.0355. The second-order valence-corrected chi connectivity index (χ2v) is 4.69. The summed E-state index contributed by atoms with van der Waals surface area (Å²) < 4.78 is 23.9. The minimum Gasteiger partial charge on any atom is -0.494 e. The van der Waals surface area contributed by atoms with Crippen LogP contribution in [0.4, 0.5) is 4.39 Å². The van der Waals surface area contributed by atoms with Gasteiger partial charge in [0.15, 0.2) is 11.6 Å². The highest BCUT2D eigenvalue weighted by atomic mass is 19.1. The maximum atomic E-state index is 13.6. The van der Waals surface area contributed by atoms with Gasteiger partial charge in [0.1, 0.15) is 0 Å². The minimum atomic E-state index is -0.315. The van der Waals surface area contributed by atoms with Gasteiger partial charge in [0.25, 0.3) is 0 Å². The summed E-state index contributed by atoms with van der Waals surface area (Å²) in [6, 6.07) is 5.08. The zero-order valence-corrected chi connectivity index (χ0v) is 10.3. The van der Waals surface area contributed by atoms with E-state index in [1.165, 1.54) is 13.2 Å². The fourth-order valence-corrected chi connectivity index (χ4v) is 2.16. The highest BCUT2D eigenvalue weighted by molar-refractivity contribution is 5.30. The Morgan fingerprint density at radius 2 is 2.35 bits per heavy atom. The molecular weight excluding hydrogens is 221 g/mol. The maximum absolute atomic E-state index is 13.6. The Balaban J connectivity index is 2.10. The average molecular weight is 239 g/mol. The molecule has 2 rings (SSSR count). The first-order chi connectivity index (χ1) is 8.13. The monoisotopic (exact) mass is 239 g/mol. The van der Waals surface area contributed by atoms with Crippen LogP contribution >= 0.6 is 0 Å². The summed E-state index contributed by atoms with van der Waals surface area (Å²) in [7, 11) is 1.47. The Morgan fingerprint density at radius 3 is 2.94 bits per heavy atom. The Kier molecular flexibility index (Phi) is 3.64. The number of nitrogens with one attached hydrogen (secondary N) is 1. The quantitative estimate of drug-likeness (QED) is 0.871. The largest absolute Gasteiger partial charge is 0.494 e. The molecule has 0 bridgehead atoms. The standard InChI is InChI=1S/C13H18FNO2/c1-13(9-17-6-5-15-13)8-10-3-4-12(16-2)11(14)7-10/h3-4,7,15H,5-6,8-9H2,1-2H3. The van der Waals surface area contributed by atoms with Crippen molar-refractivity contribution in [3.63, 3.8) is 0 Å². The van der Waals surface area contributed by atoms with Gasteiger partial charge in [0.2, 0.25) is 0 Å². The molecule has 1 heterocycles. The first-order valence-electron chi connectivity index (χ1n) is 5.78. The van der Waals surface area contributed by atoms with Crippen LogP contribution in [-0.2, 0) is 11.2 Å². The summed E-state index contributed by atoms with van der Waals surface area (Å²) >= 11 is 0. The van der Waals surface area contributed by atoms with Crippen LogP contribution in [0.25, 0.3) is 0 Å².